The molecule has 7 nitrogen and oxygen atoms in total. The number of sulfonamides is 1. The third-order valence-electron chi connectivity index (χ3n) is 6.54. The molecule has 32 heavy (non-hydrogen) atoms. The van der Waals surface area contributed by atoms with Crippen LogP contribution in [0.25, 0.3) is 0 Å². The molecule has 9 heteroatoms. The van der Waals surface area contributed by atoms with Crippen molar-refractivity contribution in [1.29, 1.82) is 0 Å². The molecule has 1 aromatic heterocycles. The summed E-state index contributed by atoms with van der Waals surface area (Å²) in [7, 11) is -3.42. The van der Waals surface area contributed by atoms with Crippen LogP contribution in [0.5, 0.6) is 0 Å². The minimum atomic E-state index is -3.42. The van der Waals surface area contributed by atoms with Crippen LogP contribution < -0.4 is 10.2 Å². The van der Waals surface area contributed by atoms with Gasteiger partial charge in [0.15, 0.2) is 0 Å². The minimum Gasteiger partial charge on any atom is -0.369 e. The van der Waals surface area contributed by atoms with Gasteiger partial charge in [0, 0.05) is 63.5 Å². The number of amides is 1. The quantitative estimate of drug-likeness (QED) is 0.665. The van der Waals surface area contributed by atoms with E-state index in [0.29, 0.717) is 36.7 Å². The number of anilines is 1. The molecule has 1 aromatic carbocycles. The van der Waals surface area contributed by atoms with E-state index in [1.54, 1.807) is 17.5 Å². The third-order valence-corrected chi connectivity index (χ3v) is 9.82. The highest BCUT2D eigenvalue weighted by molar-refractivity contribution is 7.91. The van der Waals surface area contributed by atoms with Gasteiger partial charge in [-0.2, -0.15) is 4.31 Å². The SMILES string of the molecule is CC(CNC(=O)C1CCN(S(=O)(=O)c2cccs2)CC1)N1CCN(c2ccccc2)CC1. The van der Waals surface area contributed by atoms with Crippen molar-refractivity contribution in [2.24, 2.45) is 5.92 Å². The molecule has 3 heterocycles. The zero-order valence-electron chi connectivity index (χ0n) is 18.5. The van der Waals surface area contributed by atoms with E-state index in [1.807, 2.05) is 6.07 Å². The zero-order chi connectivity index (χ0) is 22.6. The van der Waals surface area contributed by atoms with Crippen molar-refractivity contribution in [3.05, 3.63) is 47.8 Å². The summed E-state index contributed by atoms with van der Waals surface area (Å²) in [6, 6.07) is 14.1. The Morgan fingerprint density at radius 3 is 2.34 bits per heavy atom. The van der Waals surface area contributed by atoms with Crippen LogP contribution in [0.15, 0.2) is 52.1 Å². The van der Waals surface area contributed by atoms with Gasteiger partial charge in [-0.3, -0.25) is 9.69 Å². The average molecular weight is 477 g/mol. The molecule has 1 N–H and O–H groups in total. The van der Waals surface area contributed by atoms with Gasteiger partial charge in [0.25, 0.3) is 10.0 Å². The van der Waals surface area contributed by atoms with E-state index in [2.05, 4.69) is 46.3 Å². The van der Waals surface area contributed by atoms with Gasteiger partial charge in [0.1, 0.15) is 4.21 Å². The first-order valence-electron chi connectivity index (χ1n) is 11.3. The molecular weight excluding hydrogens is 444 g/mol. The van der Waals surface area contributed by atoms with Gasteiger partial charge in [0.2, 0.25) is 5.91 Å². The Morgan fingerprint density at radius 1 is 1.03 bits per heavy atom. The molecule has 2 aromatic rings. The Bertz CT molecular complexity index is 966. The first-order chi connectivity index (χ1) is 15.4. The summed E-state index contributed by atoms with van der Waals surface area (Å²) in [6.45, 7) is 7.51. The lowest BCUT2D eigenvalue weighted by atomic mass is 9.97. The van der Waals surface area contributed by atoms with E-state index in [4.69, 9.17) is 0 Å². The van der Waals surface area contributed by atoms with Gasteiger partial charge in [-0.05, 0) is 43.3 Å². The maximum Gasteiger partial charge on any atom is 0.252 e. The van der Waals surface area contributed by atoms with Crippen LogP contribution in [-0.4, -0.2) is 75.4 Å². The van der Waals surface area contributed by atoms with Gasteiger partial charge < -0.3 is 10.2 Å². The Hall–Kier alpha value is -1.94. The van der Waals surface area contributed by atoms with Crippen LogP contribution in [0.2, 0.25) is 0 Å². The van der Waals surface area contributed by atoms with Crippen LogP contribution in [0, 0.1) is 5.92 Å². The van der Waals surface area contributed by atoms with Crippen molar-refractivity contribution >= 4 is 33.0 Å². The lowest BCUT2D eigenvalue weighted by Crippen LogP contribution is -2.53. The number of rotatable bonds is 7. The number of piperidine rings is 1. The first kappa shape index (κ1) is 23.2. The minimum absolute atomic E-state index is 0.0490. The molecule has 1 atom stereocenters. The molecule has 2 aliphatic rings. The van der Waals surface area contributed by atoms with E-state index in [9.17, 15) is 13.2 Å². The Kier molecular flexibility index (Phi) is 7.50. The normalized spacial score (nSPS) is 20.2. The van der Waals surface area contributed by atoms with Gasteiger partial charge in [-0.15, -0.1) is 11.3 Å². The van der Waals surface area contributed by atoms with Crippen molar-refractivity contribution in [1.82, 2.24) is 14.5 Å². The molecule has 2 fully saturated rings. The summed E-state index contributed by atoms with van der Waals surface area (Å²) in [4.78, 5) is 17.5. The molecule has 174 valence electrons. The van der Waals surface area contributed by atoms with Gasteiger partial charge in [-0.25, -0.2) is 8.42 Å². The number of nitrogens with zero attached hydrogens (tertiary/aromatic N) is 3. The van der Waals surface area contributed by atoms with Crippen LogP contribution in [0.1, 0.15) is 19.8 Å². The van der Waals surface area contributed by atoms with Crippen LogP contribution >= 0.6 is 11.3 Å². The molecule has 1 unspecified atom stereocenters. The van der Waals surface area contributed by atoms with Gasteiger partial charge in [-0.1, -0.05) is 24.3 Å². The number of hydrogen-bond acceptors (Lipinski definition) is 6. The van der Waals surface area contributed by atoms with Crippen LogP contribution in [0.3, 0.4) is 0 Å². The van der Waals surface area contributed by atoms with Crippen molar-refractivity contribution < 1.29 is 13.2 Å². The number of thiophene rings is 1. The van der Waals surface area contributed by atoms with E-state index in [0.717, 1.165) is 26.2 Å². The summed E-state index contributed by atoms with van der Waals surface area (Å²) in [6.07, 6.45) is 1.14. The number of para-hydroxylation sites is 1. The summed E-state index contributed by atoms with van der Waals surface area (Å²) in [5.41, 5.74) is 1.26. The van der Waals surface area contributed by atoms with E-state index in [1.165, 1.54) is 21.3 Å². The predicted octanol–water partition coefficient (Wildman–Crippen LogP) is 2.48. The third kappa shape index (κ3) is 5.33. The number of carbonyl (C=O) groups excluding carboxylic acids is 1. The number of carbonyl (C=O) groups is 1. The molecule has 0 radical (unpaired) electrons. The molecule has 0 bridgehead atoms. The van der Waals surface area contributed by atoms with Gasteiger partial charge >= 0.3 is 0 Å². The average Bonchev–Trinajstić information content (AvgIpc) is 3.39. The second kappa shape index (κ2) is 10.3. The number of nitrogens with one attached hydrogen (secondary N) is 1. The zero-order valence-corrected chi connectivity index (χ0v) is 20.2. The molecule has 0 saturated carbocycles. The van der Waals surface area contributed by atoms with Crippen LogP contribution in [-0.2, 0) is 14.8 Å². The monoisotopic (exact) mass is 476 g/mol. The summed E-state index contributed by atoms with van der Waals surface area (Å²) >= 11 is 1.24. The Morgan fingerprint density at radius 2 is 1.72 bits per heavy atom. The topological polar surface area (TPSA) is 73.0 Å². The number of piperazine rings is 1. The highest BCUT2D eigenvalue weighted by atomic mass is 32.2. The van der Waals surface area contributed by atoms with Crippen LogP contribution in [0.4, 0.5) is 5.69 Å². The second-order valence-electron chi connectivity index (χ2n) is 8.56. The first-order valence-corrected chi connectivity index (χ1v) is 13.6. The largest absolute Gasteiger partial charge is 0.369 e. The van der Waals surface area contributed by atoms with Crippen molar-refractivity contribution in [3.63, 3.8) is 0 Å². The molecule has 4 rings (SSSR count). The maximum absolute atomic E-state index is 12.7. The summed E-state index contributed by atoms with van der Waals surface area (Å²) in [5.74, 6) is -0.0696. The standard InChI is InChI=1S/C23H32N4O3S2/c1-19(25-13-15-26(16-14-25)21-6-3-2-4-7-21)18-24-23(28)20-9-11-27(12-10-20)32(29,30)22-8-5-17-31-22/h2-8,17,19-20H,9-16,18H2,1H3,(H,24,28). The highest BCUT2D eigenvalue weighted by Crippen LogP contribution is 2.26. The smallest absolute Gasteiger partial charge is 0.252 e. The summed E-state index contributed by atoms with van der Waals surface area (Å²) < 4.78 is 27.2. The fourth-order valence-electron chi connectivity index (χ4n) is 4.48. The number of hydrogen-bond donors (Lipinski definition) is 1. The lowest BCUT2D eigenvalue weighted by molar-refractivity contribution is -0.126. The fourth-order valence-corrected chi connectivity index (χ4v) is 7.09. The maximum atomic E-state index is 12.7. The predicted molar refractivity (Wildman–Crippen MR) is 129 cm³/mol. The van der Waals surface area contributed by atoms with Crippen molar-refractivity contribution in [2.75, 3.05) is 50.7 Å². The molecule has 0 aliphatic carbocycles. The lowest BCUT2D eigenvalue weighted by Gasteiger charge is -2.39. The molecule has 2 aliphatic heterocycles. The summed E-state index contributed by atoms with van der Waals surface area (Å²) in [5, 5.41) is 4.89. The molecule has 0 spiro atoms. The van der Waals surface area contributed by atoms with E-state index >= 15 is 0 Å². The number of benzene rings is 1. The molecule has 2 saturated heterocycles. The fraction of sp³-hybridized carbons (Fsp3) is 0.522. The van der Waals surface area contributed by atoms with E-state index in [-0.39, 0.29) is 17.9 Å². The van der Waals surface area contributed by atoms with Crippen molar-refractivity contribution in [2.45, 2.75) is 30.0 Å². The molecular formula is C23H32N4O3S2. The highest BCUT2D eigenvalue weighted by Gasteiger charge is 2.32. The van der Waals surface area contributed by atoms with E-state index < -0.39 is 10.0 Å². The second-order valence-corrected chi connectivity index (χ2v) is 11.7. The molecule has 1 amide bonds. The Balaban J connectivity index is 1.19. The van der Waals surface area contributed by atoms with Gasteiger partial charge in [0.05, 0.1) is 0 Å². The van der Waals surface area contributed by atoms with Crippen molar-refractivity contribution in [3.8, 4) is 0 Å². The Labute approximate surface area is 195 Å².